The number of nitrogens with zero attached hydrogens (tertiary/aromatic N) is 1. The Hall–Kier alpha value is -3.55. The molecule has 0 spiro atoms. The van der Waals surface area contributed by atoms with E-state index in [0.717, 1.165) is 12.1 Å². The van der Waals surface area contributed by atoms with E-state index in [2.05, 4.69) is 5.16 Å². The van der Waals surface area contributed by atoms with Gasteiger partial charge in [0.2, 0.25) is 0 Å². The molecule has 8 heteroatoms. The van der Waals surface area contributed by atoms with E-state index in [1.54, 1.807) is 6.92 Å². The van der Waals surface area contributed by atoms with Gasteiger partial charge in [0, 0.05) is 11.1 Å². The lowest BCUT2D eigenvalue weighted by molar-refractivity contribution is -0.137. The SMILES string of the molecule is Cc1cc(F)ccc1-c1c(C(N)=NO)cc(C(F)(F)F)cc1-c1ccc(O)cc1. The molecule has 4 nitrogen and oxygen atoms in total. The molecule has 29 heavy (non-hydrogen) atoms. The number of hydrogen-bond acceptors (Lipinski definition) is 3. The normalized spacial score (nSPS) is 12.2. The highest BCUT2D eigenvalue weighted by Gasteiger charge is 2.33. The van der Waals surface area contributed by atoms with E-state index in [9.17, 15) is 22.7 Å². The summed E-state index contributed by atoms with van der Waals surface area (Å²) in [6.07, 6.45) is -4.69. The topological polar surface area (TPSA) is 78.8 Å². The van der Waals surface area contributed by atoms with Crippen molar-refractivity contribution in [1.29, 1.82) is 0 Å². The molecule has 0 amide bonds. The summed E-state index contributed by atoms with van der Waals surface area (Å²) in [5, 5.41) is 21.6. The third kappa shape index (κ3) is 4.01. The third-order valence-corrected chi connectivity index (χ3v) is 4.49. The van der Waals surface area contributed by atoms with Crippen LogP contribution in [0.4, 0.5) is 17.6 Å². The molecule has 4 N–H and O–H groups in total. The van der Waals surface area contributed by atoms with Gasteiger partial charge in [0.1, 0.15) is 11.6 Å². The van der Waals surface area contributed by atoms with Gasteiger partial charge >= 0.3 is 6.18 Å². The van der Waals surface area contributed by atoms with Gasteiger partial charge in [-0.15, -0.1) is 0 Å². The van der Waals surface area contributed by atoms with Gasteiger partial charge in [-0.1, -0.05) is 23.4 Å². The summed E-state index contributed by atoms with van der Waals surface area (Å²) in [4.78, 5) is 0. The fraction of sp³-hybridized carbons (Fsp3) is 0.0952. The second-order valence-corrected chi connectivity index (χ2v) is 6.44. The van der Waals surface area contributed by atoms with Gasteiger partial charge in [-0.05, 0) is 65.6 Å². The van der Waals surface area contributed by atoms with Crippen LogP contribution in [0.1, 0.15) is 16.7 Å². The molecule has 150 valence electrons. The number of amidine groups is 1. The van der Waals surface area contributed by atoms with Crippen LogP contribution in [0.3, 0.4) is 0 Å². The Balaban J connectivity index is 2.47. The number of benzene rings is 3. The molecule has 3 aromatic carbocycles. The monoisotopic (exact) mass is 404 g/mol. The summed E-state index contributed by atoms with van der Waals surface area (Å²) >= 11 is 0. The molecule has 0 aliphatic rings. The Morgan fingerprint density at radius 2 is 1.62 bits per heavy atom. The molecule has 0 unspecified atom stereocenters. The number of nitrogens with two attached hydrogens (primary N) is 1. The molecule has 0 aliphatic heterocycles. The van der Waals surface area contributed by atoms with Crippen LogP contribution in [0.15, 0.2) is 59.8 Å². The van der Waals surface area contributed by atoms with E-state index in [4.69, 9.17) is 10.9 Å². The molecule has 0 saturated heterocycles. The summed E-state index contributed by atoms with van der Waals surface area (Å²) < 4.78 is 54.2. The van der Waals surface area contributed by atoms with Crippen LogP contribution >= 0.6 is 0 Å². The number of oxime groups is 1. The number of phenols is 1. The summed E-state index contributed by atoms with van der Waals surface area (Å²) in [5.74, 6) is -1.08. The zero-order chi connectivity index (χ0) is 21.3. The van der Waals surface area contributed by atoms with Crippen LogP contribution in [0.2, 0.25) is 0 Å². The predicted molar refractivity (Wildman–Crippen MR) is 101 cm³/mol. The van der Waals surface area contributed by atoms with Crippen molar-refractivity contribution in [3.05, 3.63) is 77.1 Å². The highest BCUT2D eigenvalue weighted by molar-refractivity contribution is 6.07. The minimum atomic E-state index is -4.69. The maximum atomic E-state index is 13.6. The number of phenolic OH excluding ortho intramolecular Hbond substituents is 1. The zero-order valence-electron chi connectivity index (χ0n) is 15.1. The van der Waals surface area contributed by atoms with Crippen molar-refractivity contribution >= 4 is 5.84 Å². The molecule has 0 bridgehead atoms. The molecule has 0 atom stereocenters. The predicted octanol–water partition coefficient (Wildman–Crippen LogP) is 5.29. The van der Waals surface area contributed by atoms with Gasteiger partial charge in [-0.3, -0.25) is 0 Å². The fourth-order valence-corrected chi connectivity index (χ4v) is 3.13. The first-order valence-corrected chi connectivity index (χ1v) is 8.41. The Kier molecular flexibility index (Phi) is 5.19. The minimum Gasteiger partial charge on any atom is -0.508 e. The van der Waals surface area contributed by atoms with Gasteiger partial charge < -0.3 is 16.0 Å². The number of hydrogen-bond donors (Lipinski definition) is 3. The second-order valence-electron chi connectivity index (χ2n) is 6.44. The average molecular weight is 404 g/mol. The van der Waals surface area contributed by atoms with Gasteiger partial charge in [-0.25, -0.2) is 4.39 Å². The van der Waals surface area contributed by atoms with Crippen LogP contribution in [-0.2, 0) is 6.18 Å². The largest absolute Gasteiger partial charge is 0.508 e. The number of aryl methyl sites for hydroxylation is 1. The lowest BCUT2D eigenvalue weighted by Crippen LogP contribution is -2.17. The van der Waals surface area contributed by atoms with Crippen LogP contribution in [0.5, 0.6) is 5.75 Å². The van der Waals surface area contributed by atoms with Crippen molar-refractivity contribution in [2.45, 2.75) is 13.1 Å². The molecule has 0 fully saturated rings. The fourth-order valence-electron chi connectivity index (χ4n) is 3.13. The molecule has 0 aliphatic carbocycles. The highest BCUT2D eigenvalue weighted by Crippen LogP contribution is 2.42. The van der Waals surface area contributed by atoms with Gasteiger partial charge in [-0.2, -0.15) is 13.2 Å². The van der Waals surface area contributed by atoms with Gasteiger partial charge in [0.25, 0.3) is 0 Å². The maximum absolute atomic E-state index is 13.6. The smallest absolute Gasteiger partial charge is 0.416 e. The molecule has 0 saturated carbocycles. The summed E-state index contributed by atoms with van der Waals surface area (Å²) in [5.41, 5.74) is 6.19. The van der Waals surface area contributed by atoms with Crippen molar-refractivity contribution in [3.63, 3.8) is 0 Å². The summed E-state index contributed by atoms with van der Waals surface area (Å²) in [6.45, 7) is 1.60. The Morgan fingerprint density at radius 3 is 2.17 bits per heavy atom. The van der Waals surface area contributed by atoms with Crippen molar-refractivity contribution in [2.75, 3.05) is 0 Å². The van der Waals surface area contributed by atoms with E-state index in [1.807, 2.05) is 0 Å². The first-order valence-electron chi connectivity index (χ1n) is 8.41. The molecule has 0 heterocycles. The molecule has 3 rings (SSSR count). The number of alkyl halides is 3. The van der Waals surface area contributed by atoms with E-state index in [0.29, 0.717) is 16.7 Å². The van der Waals surface area contributed by atoms with Gasteiger partial charge in [0.15, 0.2) is 5.84 Å². The highest BCUT2D eigenvalue weighted by atomic mass is 19.4. The Morgan fingerprint density at radius 1 is 0.966 bits per heavy atom. The number of aromatic hydroxyl groups is 1. The summed E-state index contributed by atoms with van der Waals surface area (Å²) in [7, 11) is 0. The first-order chi connectivity index (χ1) is 13.6. The van der Waals surface area contributed by atoms with Crippen molar-refractivity contribution in [2.24, 2.45) is 10.9 Å². The number of halogens is 4. The van der Waals surface area contributed by atoms with Crippen LogP contribution in [0, 0.1) is 12.7 Å². The standard InChI is InChI=1S/C21H16F4N2O2/c1-11-8-14(22)4-7-16(11)19-17(12-2-5-15(28)6-3-12)9-13(21(23,24)25)10-18(19)20(26)27-29/h2-10,28-29H,1H3,(H2,26,27). The maximum Gasteiger partial charge on any atom is 0.416 e. The van der Waals surface area contributed by atoms with E-state index in [1.165, 1.54) is 42.5 Å². The van der Waals surface area contributed by atoms with Gasteiger partial charge in [0.05, 0.1) is 5.56 Å². The first kappa shape index (κ1) is 20.2. The zero-order valence-corrected chi connectivity index (χ0v) is 15.1. The second kappa shape index (κ2) is 7.46. The van der Waals surface area contributed by atoms with E-state index >= 15 is 0 Å². The van der Waals surface area contributed by atoms with Crippen molar-refractivity contribution < 1.29 is 27.9 Å². The van der Waals surface area contributed by atoms with E-state index < -0.39 is 23.4 Å². The molecule has 0 radical (unpaired) electrons. The molecular weight excluding hydrogens is 388 g/mol. The molecule has 3 aromatic rings. The Labute approximate surface area is 163 Å². The van der Waals surface area contributed by atoms with Crippen LogP contribution in [0.25, 0.3) is 22.3 Å². The minimum absolute atomic E-state index is 0.0584. The summed E-state index contributed by atoms with van der Waals surface area (Å²) in [6, 6.07) is 11.1. The van der Waals surface area contributed by atoms with Crippen molar-refractivity contribution in [3.8, 4) is 28.0 Å². The van der Waals surface area contributed by atoms with E-state index in [-0.39, 0.29) is 22.4 Å². The molecule has 0 aromatic heterocycles. The Bertz CT molecular complexity index is 1090. The van der Waals surface area contributed by atoms with Crippen molar-refractivity contribution in [1.82, 2.24) is 0 Å². The molecular formula is C21H16F4N2O2. The quantitative estimate of drug-likeness (QED) is 0.183. The number of rotatable bonds is 3. The van der Waals surface area contributed by atoms with Crippen LogP contribution in [-0.4, -0.2) is 16.1 Å². The lowest BCUT2D eigenvalue weighted by atomic mass is 9.86. The third-order valence-electron chi connectivity index (χ3n) is 4.49. The van der Waals surface area contributed by atoms with Crippen LogP contribution < -0.4 is 5.73 Å². The average Bonchev–Trinajstić information content (AvgIpc) is 2.66. The lowest BCUT2D eigenvalue weighted by Gasteiger charge is -2.20.